The molecule has 2 aromatic heterocycles. The fraction of sp³-hybridized carbons (Fsp3) is 0.0952. The van der Waals surface area contributed by atoms with Gasteiger partial charge in [-0.1, -0.05) is 17.7 Å². The summed E-state index contributed by atoms with van der Waals surface area (Å²) in [7, 11) is 1.59. The molecule has 29 heavy (non-hydrogen) atoms. The van der Waals surface area contributed by atoms with Crippen molar-refractivity contribution in [2.24, 2.45) is 0 Å². The van der Waals surface area contributed by atoms with Crippen molar-refractivity contribution in [2.45, 2.75) is 6.92 Å². The van der Waals surface area contributed by atoms with E-state index in [9.17, 15) is 9.18 Å². The van der Waals surface area contributed by atoms with Gasteiger partial charge in [0.1, 0.15) is 11.6 Å². The Labute approximate surface area is 170 Å². The molecule has 0 saturated heterocycles. The maximum absolute atomic E-state index is 13.1. The SMILES string of the molecule is COc1cccc(-n2nc(C)c3c(Cl)c(C(=O)Nc4ccc(F)cc4)cnc32)c1. The minimum Gasteiger partial charge on any atom is -0.497 e. The molecule has 4 rings (SSSR count). The van der Waals surface area contributed by atoms with Gasteiger partial charge >= 0.3 is 0 Å². The number of anilines is 1. The van der Waals surface area contributed by atoms with E-state index in [4.69, 9.17) is 16.3 Å². The molecule has 4 aromatic rings. The maximum Gasteiger partial charge on any atom is 0.258 e. The third kappa shape index (κ3) is 3.52. The monoisotopic (exact) mass is 410 g/mol. The van der Waals surface area contributed by atoms with Gasteiger partial charge in [0.2, 0.25) is 0 Å². The van der Waals surface area contributed by atoms with Crippen molar-refractivity contribution in [3.05, 3.63) is 76.8 Å². The Balaban J connectivity index is 1.75. The predicted octanol–water partition coefficient (Wildman–Crippen LogP) is 4.78. The Morgan fingerprint density at radius 1 is 1.21 bits per heavy atom. The van der Waals surface area contributed by atoms with Gasteiger partial charge in [-0.15, -0.1) is 0 Å². The molecule has 0 saturated carbocycles. The third-order valence-electron chi connectivity index (χ3n) is 4.45. The third-order valence-corrected chi connectivity index (χ3v) is 4.85. The number of nitrogens with zero attached hydrogens (tertiary/aromatic N) is 3. The number of hydrogen-bond acceptors (Lipinski definition) is 4. The van der Waals surface area contributed by atoms with Crippen molar-refractivity contribution in [3.8, 4) is 11.4 Å². The van der Waals surface area contributed by atoms with Crippen molar-refractivity contribution in [2.75, 3.05) is 12.4 Å². The first-order chi connectivity index (χ1) is 14.0. The zero-order chi connectivity index (χ0) is 20.5. The highest BCUT2D eigenvalue weighted by molar-refractivity contribution is 6.39. The summed E-state index contributed by atoms with van der Waals surface area (Å²) in [5.74, 6) is -0.139. The fourth-order valence-electron chi connectivity index (χ4n) is 3.02. The molecule has 2 aromatic carbocycles. The highest BCUT2D eigenvalue weighted by Crippen LogP contribution is 2.31. The zero-order valence-electron chi connectivity index (χ0n) is 15.6. The summed E-state index contributed by atoms with van der Waals surface area (Å²) < 4.78 is 20.0. The summed E-state index contributed by atoms with van der Waals surface area (Å²) in [5.41, 5.74) is 2.58. The molecule has 0 spiro atoms. The number of hydrogen-bond donors (Lipinski definition) is 1. The number of fused-ring (bicyclic) bond motifs is 1. The summed E-state index contributed by atoms with van der Waals surface area (Å²) in [6.45, 7) is 1.80. The second-order valence-corrected chi connectivity index (χ2v) is 6.72. The highest BCUT2D eigenvalue weighted by Gasteiger charge is 2.20. The van der Waals surface area contributed by atoms with Crippen LogP contribution >= 0.6 is 11.6 Å². The lowest BCUT2D eigenvalue weighted by Crippen LogP contribution is -2.13. The van der Waals surface area contributed by atoms with Crippen LogP contribution in [0.5, 0.6) is 5.75 Å². The second-order valence-electron chi connectivity index (χ2n) is 6.34. The number of rotatable bonds is 4. The van der Waals surface area contributed by atoms with Crippen LogP contribution in [0.2, 0.25) is 5.02 Å². The fourth-order valence-corrected chi connectivity index (χ4v) is 3.38. The molecule has 0 fully saturated rings. The predicted molar refractivity (Wildman–Crippen MR) is 110 cm³/mol. The first-order valence-corrected chi connectivity index (χ1v) is 9.11. The summed E-state index contributed by atoms with van der Waals surface area (Å²) in [6, 6.07) is 12.9. The summed E-state index contributed by atoms with van der Waals surface area (Å²) in [5, 5.41) is 8.06. The second kappa shape index (κ2) is 7.52. The Hall–Kier alpha value is -3.45. The average molecular weight is 411 g/mol. The van der Waals surface area contributed by atoms with Crippen LogP contribution in [0, 0.1) is 12.7 Å². The van der Waals surface area contributed by atoms with E-state index in [1.165, 1.54) is 30.5 Å². The number of pyridine rings is 1. The number of aromatic nitrogens is 3. The van der Waals surface area contributed by atoms with Gasteiger partial charge in [-0.2, -0.15) is 5.10 Å². The topological polar surface area (TPSA) is 69.0 Å². The Morgan fingerprint density at radius 3 is 2.69 bits per heavy atom. The number of carbonyl (C=O) groups is 1. The summed E-state index contributed by atoms with van der Waals surface area (Å²) in [4.78, 5) is 17.1. The molecule has 146 valence electrons. The van der Waals surface area contributed by atoms with Crippen LogP contribution in [0.4, 0.5) is 10.1 Å². The van der Waals surface area contributed by atoms with E-state index in [-0.39, 0.29) is 16.4 Å². The lowest BCUT2D eigenvalue weighted by molar-refractivity contribution is 0.102. The first kappa shape index (κ1) is 18.9. The quantitative estimate of drug-likeness (QED) is 0.525. The molecule has 0 bridgehead atoms. The molecule has 0 atom stereocenters. The van der Waals surface area contributed by atoms with E-state index in [2.05, 4.69) is 15.4 Å². The van der Waals surface area contributed by atoms with Crippen molar-refractivity contribution in [3.63, 3.8) is 0 Å². The van der Waals surface area contributed by atoms with Gasteiger partial charge in [-0.05, 0) is 43.3 Å². The molecule has 8 heteroatoms. The molecule has 1 amide bonds. The lowest BCUT2D eigenvalue weighted by Gasteiger charge is -2.08. The van der Waals surface area contributed by atoms with Crippen LogP contribution in [-0.2, 0) is 0 Å². The summed E-state index contributed by atoms with van der Waals surface area (Å²) >= 11 is 6.55. The van der Waals surface area contributed by atoms with Gasteiger partial charge in [0.05, 0.1) is 34.5 Å². The number of ether oxygens (including phenoxy) is 1. The number of aryl methyl sites for hydroxylation is 1. The molecule has 0 aliphatic rings. The van der Waals surface area contributed by atoms with Crippen molar-refractivity contribution < 1.29 is 13.9 Å². The van der Waals surface area contributed by atoms with E-state index in [0.717, 1.165) is 5.69 Å². The van der Waals surface area contributed by atoms with Gasteiger partial charge in [0.25, 0.3) is 5.91 Å². The van der Waals surface area contributed by atoms with Crippen LogP contribution < -0.4 is 10.1 Å². The highest BCUT2D eigenvalue weighted by atomic mass is 35.5. The molecular weight excluding hydrogens is 395 g/mol. The van der Waals surface area contributed by atoms with Crippen molar-refractivity contribution in [1.29, 1.82) is 0 Å². The van der Waals surface area contributed by atoms with Gasteiger partial charge in [0, 0.05) is 18.0 Å². The number of halogens is 2. The lowest BCUT2D eigenvalue weighted by atomic mass is 10.2. The van der Waals surface area contributed by atoms with Gasteiger partial charge in [0.15, 0.2) is 5.65 Å². The Morgan fingerprint density at radius 2 is 1.97 bits per heavy atom. The minimum absolute atomic E-state index is 0.205. The first-order valence-electron chi connectivity index (χ1n) is 8.73. The molecule has 6 nitrogen and oxygen atoms in total. The van der Waals surface area contributed by atoms with Crippen LogP contribution in [0.1, 0.15) is 16.1 Å². The van der Waals surface area contributed by atoms with Crippen molar-refractivity contribution >= 4 is 34.2 Å². The largest absolute Gasteiger partial charge is 0.497 e. The molecular formula is C21H16ClFN4O2. The molecule has 2 heterocycles. The molecule has 0 radical (unpaired) electrons. The normalized spacial score (nSPS) is 10.9. The number of benzene rings is 2. The number of amides is 1. The van der Waals surface area contributed by atoms with Crippen LogP contribution in [0.25, 0.3) is 16.7 Å². The molecule has 0 aliphatic carbocycles. The van der Waals surface area contributed by atoms with E-state index in [0.29, 0.717) is 28.2 Å². The van der Waals surface area contributed by atoms with E-state index < -0.39 is 5.91 Å². The Kier molecular flexibility index (Phi) is 4.90. The molecule has 0 unspecified atom stereocenters. The van der Waals surface area contributed by atoms with Gasteiger partial charge in [-0.25, -0.2) is 14.1 Å². The van der Waals surface area contributed by atoms with Crippen LogP contribution in [0.3, 0.4) is 0 Å². The molecule has 1 N–H and O–H groups in total. The van der Waals surface area contributed by atoms with E-state index >= 15 is 0 Å². The minimum atomic E-state index is -0.440. The smallest absolute Gasteiger partial charge is 0.258 e. The van der Waals surface area contributed by atoms with Crippen LogP contribution in [-0.4, -0.2) is 27.8 Å². The number of methoxy groups -OCH3 is 1. The standard InChI is InChI=1S/C21H16ClFN4O2/c1-12-18-19(22)17(21(28)25-14-8-6-13(23)7-9-14)11-24-20(18)27(26-12)15-4-3-5-16(10-15)29-2/h3-11H,1-2H3,(H,25,28). The molecule has 0 aliphatic heterocycles. The van der Waals surface area contributed by atoms with E-state index in [1.54, 1.807) is 18.7 Å². The maximum atomic E-state index is 13.1. The Bertz CT molecular complexity index is 1220. The van der Waals surface area contributed by atoms with Crippen molar-refractivity contribution in [1.82, 2.24) is 14.8 Å². The number of nitrogens with one attached hydrogen (secondary N) is 1. The van der Waals surface area contributed by atoms with Gasteiger partial charge in [-0.3, -0.25) is 4.79 Å². The average Bonchev–Trinajstić information content (AvgIpc) is 3.07. The number of carbonyl (C=O) groups excluding carboxylic acids is 1. The van der Waals surface area contributed by atoms with Gasteiger partial charge < -0.3 is 10.1 Å². The summed E-state index contributed by atoms with van der Waals surface area (Å²) in [6.07, 6.45) is 1.40. The zero-order valence-corrected chi connectivity index (χ0v) is 16.4. The van der Waals surface area contributed by atoms with E-state index in [1.807, 2.05) is 24.3 Å². The van der Waals surface area contributed by atoms with Crippen LogP contribution in [0.15, 0.2) is 54.7 Å².